The van der Waals surface area contributed by atoms with Crippen molar-refractivity contribution >= 4 is 23.4 Å². The van der Waals surface area contributed by atoms with Crippen molar-refractivity contribution < 1.29 is 24.6 Å². The van der Waals surface area contributed by atoms with E-state index in [0.717, 1.165) is 44.1 Å². The van der Waals surface area contributed by atoms with Crippen molar-refractivity contribution in [3.8, 4) is 0 Å². The van der Waals surface area contributed by atoms with E-state index in [1.54, 1.807) is 18.2 Å². The van der Waals surface area contributed by atoms with E-state index in [0.29, 0.717) is 35.2 Å². The van der Waals surface area contributed by atoms with Crippen LogP contribution in [0.5, 0.6) is 0 Å². The number of fused-ring (bicyclic) bond motifs is 7. The number of aromatic carboxylic acids is 1. The minimum absolute atomic E-state index is 0.00752. The highest BCUT2D eigenvalue weighted by Gasteiger charge is 2.66. The maximum Gasteiger partial charge on any atom is 0.335 e. The molecule has 1 aromatic rings. The first-order chi connectivity index (χ1) is 20.8. The SMILES string of the molecule is C=CC.CC1(C)C(c2ccc(C(=O)O)cc2)=CCC2(C)C1CCC1(C)C3CCC4(C(=O)NCC(=O)O)CCCC4C3CCC12. The molecule has 0 radical (unpaired) electrons. The van der Waals surface area contributed by atoms with Gasteiger partial charge in [0, 0.05) is 0 Å². The second-order valence-corrected chi connectivity index (χ2v) is 15.6. The fourth-order valence-electron chi connectivity index (χ4n) is 11.8. The van der Waals surface area contributed by atoms with Gasteiger partial charge in [-0.3, -0.25) is 9.59 Å². The zero-order valence-electron chi connectivity index (χ0n) is 27.5. The van der Waals surface area contributed by atoms with E-state index in [-0.39, 0.29) is 34.1 Å². The Morgan fingerprint density at radius 2 is 1.57 bits per heavy atom. The number of carbonyl (C=O) groups is 3. The largest absolute Gasteiger partial charge is 0.480 e. The molecule has 0 aliphatic heterocycles. The Balaban J connectivity index is 0.00000123. The van der Waals surface area contributed by atoms with E-state index in [1.807, 2.05) is 19.1 Å². The molecule has 0 heterocycles. The molecule has 3 N–H and O–H groups in total. The van der Waals surface area contributed by atoms with Crippen LogP contribution in [0.4, 0.5) is 0 Å². The number of allylic oxidation sites excluding steroid dienone is 3. The molecule has 4 fully saturated rings. The number of amides is 1. The van der Waals surface area contributed by atoms with Gasteiger partial charge in [0.2, 0.25) is 5.91 Å². The third kappa shape index (κ3) is 5.04. The van der Waals surface area contributed by atoms with Gasteiger partial charge in [-0.15, -0.1) is 6.58 Å². The molecule has 0 spiro atoms. The molecule has 0 bridgehead atoms. The summed E-state index contributed by atoms with van der Waals surface area (Å²) in [6.45, 7) is 14.9. The molecule has 0 saturated heterocycles. The summed E-state index contributed by atoms with van der Waals surface area (Å²) in [5.41, 5.74) is 2.91. The van der Waals surface area contributed by atoms with Crippen molar-refractivity contribution in [3.63, 3.8) is 0 Å². The van der Waals surface area contributed by atoms with Crippen LogP contribution in [-0.4, -0.2) is 34.6 Å². The van der Waals surface area contributed by atoms with Crippen LogP contribution in [0.25, 0.3) is 5.57 Å². The monoisotopic (exact) mass is 603 g/mol. The zero-order valence-corrected chi connectivity index (χ0v) is 27.5. The van der Waals surface area contributed by atoms with Gasteiger partial charge < -0.3 is 15.5 Å². The molecule has 240 valence electrons. The molecule has 44 heavy (non-hydrogen) atoms. The third-order valence-corrected chi connectivity index (χ3v) is 13.4. The van der Waals surface area contributed by atoms with E-state index in [2.05, 4.69) is 45.7 Å². The molecule has 1 aromatic carbocycles. The van der Waals surface area contributed by atoms with E-state index in [1.165, 1.54) is 31.3 Å². The number of carboxylic acid groups (broad SMARTS) is 2. The Bertz CT molecular complexity index is 1330. The fraction of sp³-hybridized carbons (Fsp3) is 0.658. The quantitative estimate of drug-likeness (QED) is 0.294. The van der Waals surface area contributed by atoms with Crippen LogP contribution in [0, 0.1) is 51.2 Å². The summed E-state index contributed by atoms with van der Waals surface area (Å²) in [5.74, 6) is 0.880. The lowest BCUT2D eigenvalue weighted by atomic mass is 9.36. The number of hydrogen-bond acceptors (Lipinski definition) is 3. The van der Waals surface area contributed by atoms with Crippen molar-refractivity contribution in [2.45, 2.75) is 98.8 Å². The third-order valence-electron chi connectivity index (χ3n) is 13.4. The Kier molecular flexibility index (Phi) is 8.72. The molecule has 6 rings (SSSR count). The molecule has 6 nitrogen and oxygen atoms in total. The number of nitrogens with one attached hydrogen (secondary N) is 1. The normalized spacial score (nSPS) is 38.2. The summed E-state index contributed by atoms with van der Waals surface area (Å²) in [5, 5.41) is 21.3. The first-order valence-corrected chi connectivity index (χ1v) is 16.9. The molecular weight excluding hydrogens is 550 g/mol. The van der Waals surface area contributed by atoms with Gasteiger partial charge in [-0.2, -0.15) is 0 Å². The summed E-state index contributed by atoms with van der Waals surface area (Å²) >= 11 is 0. The van der Waals surface area contributed by atoms with Crippen LogP contribution in [-0.2, 0) is 9.59 Å². The zero-order chi connectivity index (χ0) is 32.1. The van der Waals surface area contributed by atoms with Crippen molar-refractivity contribution in [1.29, 1.82) is 0 Å². The van der Waals surface area contributed by atoms with Crippen molar-refractivity contribution in [2.75, 3.05) is 6.54 Å². The van der Waals surface area contributed by atoms with E-state index in [9.17, 15) is 24.6 Å². The molecule has 1 amide bonds. The predicted molar refractivity (Wildman–Crippen MR) is 174 cm³/mol. The number of carboxylic acids is 2. The van der Waals surface area contributed by atoms with Gasteiger partial charge in [-0.1, -0.05) is 58.4 Å². The summed E-state index contributed by atoms with van der Waals surface area (Å²) < 4.78 is 0. The lowest BCUT2D eigenvalue weighted by Crippen LogP contribution is -2.62. The fourth-order valence-corrected chi connectivity index (χ4v) is 11.8. The second-order valence-electron chi connectivity index (χ2n) is 15.6. The van der Waals surface area contributed by atoms with E-state index >= 15 is 0 Å². The van der Waals surface area contributed by atoms with E-state index in [4.69, 9.17) is 0 Å². The van der Waals surface area contributed by atoms with Gasteiger partial charge in [0.05, 0.1) is 11.0 Å². The molecule has 5 aliphatic rings. The smallest absolute Gasteiger partial charge is 0.335 e. The first kappa shape index (κ1) is 32.5. The highest BCUT2D eigenvalue weighted by atomic mass is 16.4. The minimum Gasteiger partial charge on any atom is -0.480 e. The van der Waals surface area contributed by atoms with Gasteiger partial charge in [0.25, 0.3) is 0 Å². The van der Waals surface area contributed by atoms with Crippen LogP contribution in [0.1, 0.15) is 115 Å². The average molecular weight is 604 g/mol. The summed E-state index contributed by atoms with van der Waals surface area (Å²) in [4.78, 5) is 36.1. The average Bonchev–Trinajstić information content (AvgIpc) is 3.42. The highest BCUT2D eigenvalue weighted by Crippen LogP contribution is 2.73. The van der Waals surface area contributed by atoms with Crippen LogP contribution >= 0.6 is 0 Å². The summed E-state index contributed by atoms with van der Waals surface area (Å²) in [7, 11) is 0. The van der Waals surface area contributed by atoms with Crippen LogP contribution in [0.15, 0.2) is 43.0 Å². The van der Waals surface area contributed by atoms with Crippen LogP contribution in [0.3, 0.4) is 0 Å². The predicted octanol–water partition coefficient (Wildman–Crippen LogP) is 8.24. The maximum absolute atomic E-state index is 13.4. The summed E-state index contributed by atoms with van der Waals surface area (Å²) in [6.07, 6.45) is 15.1. The lowest BCUT2D eigenvalue weighted by molar-refractivity contribution is -0.181. The van der Waals surface area contributed by atoms with Crippen molar-refractivity contribution in [1.82, 2.24) is 5.32 Å². The molecule has 0 aromatic heterocycles. The van der Waals surface area contributed by atoms with Gasteiger partial charge >= 0.3 is 11.9 Å². The van der Waals surface area contributed by atoms with Crippen molar-refractivity contribution in [3.05, 3.63) is 54.1 Å². The molecule has 8 atom stereocenters. The molecular formula is C38H53NO5. The Labute approximate surface area is 263 Å². The molecule has 6 heteroatoms. The molecule has 4 saturated carbocycles. The highest BCUT2D eigenvalue weighted by molar-refractivity contribution is 5.88. The summed E-state index contributed by atoms with van der Waals surface area (Å²) in [6, 6.07) is 7.44. The van der Waals surface area contributed by atoms with Gasteiger partial charge in [0.1, 0.15) is 6.54 Å². The van der Waals surface area contributed by atoms with Gasteiger partial charge in [0.15, 0.2) is 0 Å². The molecule has 5 aliphatic carbocycles. The topological polar surface area (TPSA) is 104 Å². The number of aliphatic carboxylic acids is 1. The standard InChI is InChI=1S/C35H47NO5.C3H6/c1-32(2)24(21-7-9-22(10-8-21)30(39)40)13-17-34(4)27(32)15-18-33(3)25-14-19-35(31(41)36-20-29(37)38)16-5-6-26(35)23(25)11-12-28(33)34;1-3-2/h7-10,13,23,25-28H,5-6,11-12,14-20H2,1-4H3,(H,36,41)(H,37,38)(H,39,40);3H,1H2,2H3. The minimum atomic E-state index is -0.971. The van der Waals surface area contributed by atoms with Crippen molar-refractivity contribution in [2.24, 2.45) is 51.2 Å². The van der Waals surface area contributed by atoms with Gasteiger partial charge in [-0.05, 0) is 134 Å². The first-order valence-electron chi connectivity index (χ1n) is 16.9. The Morgan fingerprint density at radius 1 is 0.886 bits per heavy atom. The maximum atomic E-state index is 13.4. The number of rotatable bonds is 5. The van der Waals surface area contributed by atoms with Crippen LogP contribution in [0.2, 0.25) is 0 Å². The van der Waals surface area contributed by atoms with E-state index < -0.39 is 11.9 Å². The lowest BCUT2D eigenvalue weighted by Gasteiger charge is -2.68. The Morgan fingerprint density at radius 3 is 2.20 bits per heavy atom. The van der Waals surface area contributed by atoms with Gasteiger partial charge in [-0.25, -0.2) is 4.79 Å². The number of benzene rings is 1. The Hall–Kier alpha value is -2.89. The number of carbonyl (C=O) groups excluding carboxylic acids is 1. The molecule has 8 unspecified atom stereocenters. The van der Waals surface area contributed by atoms with Crippen LogP contribution < -0.4 is 5.32 Å². The second kappa shape index (κ2) is 11.8. The number of hydrogen-bond donors (Lipinski definition) is 3.